The molecule has 0 saturated heterocycles. The summed E-state index contributed by atoms with van der Waals surface area (Å²) in [6, 6.07) is 6.28. The molecule has 2 N–H and O–H groups in total. The van der Waals surface area contributed by atoms with Crippen molar-refractivity contribution < 1.29 is 0 Å². The minimum absolute atomic E-state index is 0.400. The molecule has 6 heteroatoms. The summed E-state index contributed by atoms with van der Waals surface area (Å²) in [5, 5.41) is 15.2. The molecule has 1 unspecified atom stereocenters. The molecule has 0 radical (unpaired) electrons. The lowest BCUT2D eigenvalue weighted by molar-refractivity contribution is 0.491. The third-order valence-electron chi connectivity index (χ3n) is 3.91. The van der Waals surface area contributed by atoms with Gasteiger partial charge in [0.15, 0.2) is 17.4 Å². The molecular weight excluding hydrogens is 300 g/mol. The molecular formula is C18H30N6. The van der Waals surface area contributed by atoms with E-state index >= 15 is 0 Å². The van der Waals surface area contributed by atoms with Gasteiger partial charge in [-0.25, -0.2) is 4.99 Å². The highest BCUT2D eigenvalue weighted by molar-refractivity contribution is 5.79. The van der Waals surface area contributed by atoms with Crippen LogP contribution in [-0.2, 0) is 6.54 Å². The highest BCUT2D eigenvalue weighted by Gasteiger charge is 2.07. The van der Waals surface area contributed by atoms with Gasteiger partial charge >= 0.3 is 0 Å². The lowest BCUT2D eigenvalue weighted by Crippen LogP contribution is -2.42. The first-order valence-corrected chi connectivity index (χ1v) is 8.93. The number of nitrogens with one attached hydrogen (secondary N) is 2. The fourth-order valence-corrected chi connectivity index (χ4v) is 2.61. The molecule has 0 amide bonds. The van der Waals surface area contributed by atoms with E-state index in [1.807, 2.05) is 28.8 Å². The highest BCUT2D eigenvalue weighted by atomic mass is 15.3. The number of fused-ring (bicyclic) bond motifs is 1. The quantitative estimate of drug-likeness (QED) is 0.577. The first kappa shape index (κ1) is 18.2. The second-order valence-electron chi connectivity index (χ2n) is 6.61. The van der Waals surface area contributed by atoms with Crippen molar-refractivity contribution in [1.29, 1.82) is 0 Å². The average molecular weight is 330 g/mol. The molecule has 0 bridgehead atoms. The van der Waals surface area contributed by atoms with E-state index in [-0.39, 0.29) is 0 Å². The summed E-state index contributed by atoms with van der Waals surface area (Å²) in [6.07, 6.45) is 5.62. The van der Waals surface area contributed by atoms with Crippen LogP contribution in [-0.4, -0.2) is 33.1 Å². The normalized spacial score (nSPS) is 13.5. The Balaban J connectivity index is 1.95. The summed E-state index contributed by atoms with van der Waals surface area (Å²) in [5.41, 5.74) is 0.850. The van der Waals surface area contributed by atoms with E-state index in [0.717, 1.165) is 36.3 Å². The van der Waals surface area contributed by atoms with Gasteiger partial charge in [0.2, 0.25) is 0 Å². The van der Waals surface area contributed by atoms with Crippen molar-refractivity contribution in [1.82, 2.24) is 25.2 Å². The van der Waals surface area contributed by atoms with E-state index in [4.69, 9.17) is 0 Å². The molecule has 132 valence electrons. The zero-order valence-electron chi connectivity index (χ0n) is 15.3. The van der Waals surface area contributed by atoms with Crippen LogP contribution in [0.2, 0.25) is 0 Å². The topological polar surface area (TPSA) is 66.6 Å². The Morgan fingerprint density at radius 1 is 1.21 bits per heavy atom. The van der Waals surface area contributed by atoms with Crippen molar-refractivity contribution in [3.05, 3.63) is 30.2 Å². The second-order valence-corrected chi connectivity index (χ2v) is 6.61. The van der Waals surface area contributed by atoms with Gasteiger partial charge in [0, 0.05) is 18.8 Å². The zero-order valence-corrected chi connectivity index (χ0v) is 15.3. The maximum atomic E-state index is 4.66. The monoisotopic (exact) mass is 330 g/mol. The van der Waals surface area contributed by atoms with Crippen molar-refractivity contribution in [3.63, 3.8) is 0 Å². The predicted molar refractivity (Wildman–Crippen MR) is 99.1 cm³/mol. The third kappa shape index (κ3) is 5.51. The summed E-state index contributed by atoms with van der Waals surface area (Å²) in [7, 11) is 0. The van der Waals surface area contributed by atoms with E-state index < -0.39 is 0 Å². The molecule has 2 heterocycles. The van der Waals surface area contributed by atoms with Gasteiger partial charge in [-0.1, -0.05) is 32.8 Å². The van der Waals surface area contributed by atoms with E-state index in [0.29, 0.717) is 12.6 Å². The number of aliphatic imine (C=N–C) groups is 1. The fraction of sp³-hybridized carbons (Fsp3) is 0.611. The summed E-state index contributed by atoms with van der Waals surface area (Å²) in [6.45, 7) is 10.2. The highest BCUT2D eigenvalue weighted by Crippen LogP contribution is 2.08. The van der Waals surface area contributed by atoms with E-state index in [1.54, 1.807) is 0 Å². The molecule has 0 aliphatic rings. The van der Waals surface area contributed by atoms with Gasteiger partial charge in [0.05, 0.1) is 0 Å². The summed E-state index contributed by atoms with van der Waals surface area (Å²) >= 11 is 0. The lowest BCUT2D eigenvalue weighted by Gasteiger charge is -2.18. The van der Waals surface area contributed by atoms with Crippen LogP contribution in [0.4, 0.5) is 0 Å². The van der Waals surface area contributed by atoms with Crippen molar-refractivity contribution in [2.24, 2.45) is 10.9 Å². The molecule has 0 saturated carbocycles. The van der Waals surface area contributed by atoms with Crippen LogP contribution in [0.1, 0.15) is 52.8 Å². The molecule has 0 fully saturated rings. The number of hydrogen-bond acceptors (Lipinski definition) is 3. The number of guanidine groups is 1. The minimum atomic E-state index is 0.400. The number of aromatic nitrogens is 3. The Kier molecular flexibility index (Phi) is 7.03. The lowest BCUT2D eigenvalue weighted by atomic mass is 10.0. The fourth-order valence-electron chi connectivity index (χ4n) is 2.61. The van der Waals surface area contributed by atoms with Gasteiger partial charge in [-0.15, -0.1) is 10.2 Å². The number of rotatable bonds is 8. The summed E-state index contributed by atoms with van der Waals surface area (Å²) in [4.78, 5) is 4.66. The average Bonchev–Trinajstić information content (AvgIpc) is 2.95. The Hall–Kier alpha value is -2.11. The van der Waals surface area contributed by atoms with Gasteiger partial charge in [0.25, 0.3) is 0 Å². The maximum absolute atomic E-state index is 4.66. The van der Waals surface area contributed by atoms with Crippen molar-refractivity contribution in [2.75, 3.05) is 6.54 Å². The molecule has 0 aliphatic carbocycles. The van der Waals surface area contributed by atoms with Crippen LogP contribution in [0.15, 0.2) is 29.4 Å². The van der Waals surface area contributed by atoms with E-state index in [1.165, 1.54) is 12.8 Å². The van der Waals surface area contributed by atoms with Crippen molar-refractivity contribution in [2.45, 2.75) is 59.5 Å². The number of nitrogens with zero attached hydrogens (tertiary/aromatic N) is 4. The van der Waals surface area contributed by atoms with Crippen LogP contribution >= 0.6 is 0 Å². The molecule has 1 atom stereocenters. The molecule has 6 nitrogen and oxygen atoms in total. The first-order valence-electron chi connectivity index (χ1n) is 8.93. The van der Waals surface area contributed by atoms with Crippen LogP contribution in [0.3, 0.4) is 0 Å². The number of pyridine rings is 1. The minimum Gasteiger partial charge on any atom is -0.357 e. The Bertz CT molecular complexity index is 646. The Labute approximate surface area is 144 Å². The van der Waals surface area contributed by atoms with Crippen molar-refractivity contribution in [3.8, 4) is 0 Å². The van der Waals surface area contributed by atoms with Gasteiger partial charge in [-0.05, 0) is 38.3 Å². The molecule has 0 aliphatic heterocycles. The van der Waals surface area contributed by atoms with E-state index in [2.05, 4.69) is 53.5 Å². The van der Waals surface area contributed by atoms with Gasteiger partial charge in [-0.2, -0.15) is 0 Å². The van der Waals surface area contributed by atoms with Gasteiger partial charge in [-0.3, -0.25) is 4.40 Å². The SMILES string of the molecule is CCNC(=NCc1nnc2ccccn12)NC(C)CCCC(C)C. The van der Waals surface area contributed by atoms with E-state index in [9.17, 15) is 0 Å². The molecule has 24 heavy (non-hydrogen) atoms. The van der Waals surface area contributed by atoms with Crippen LogP contribution in [0.25, 0.3) is 5.65 Å². The van der Waals surface area contributed by atoms with Crippen LogP contribution in [0, 0.1) is 5.92 Å². The van der Waals surface area contributed by atoms with Crippen molar-refractivity contribution >= 4 is 11.6 Å². The van der Waals surface area contributed by atoms with Gasteiger partial charge < -0.3 is 10.6 Å². The first-order chi connectivity index (χ1) is 11.6. The van der Waals surface area contributed by atoms with Gasteiger partial charge in [0.1, 0.15) is 6.54 Å². The third-order valence-corrected chi connectivity index (χ3v) is 3.91. The molecule has 2 aromatic rings. The summed E-state index contributed by atoms with van der Waals surface area (Å²) in [5.74, 6) is 2.44. The smallest absolute Gasteiger partial charge is 0.191 e. The largest absolute Gasteiger partial charge is 0.357 e. The summed E-state index contributed by atoms with van der Waals surface area (Å²) < 4.78 is 1.97. The predicted octanol–water partition coefficient (Wildman–Crippen LogP) is 3.00. The maximum Gasteiger partial charge on any atom is 0.191 e. The number of hydrogen-bond donors (Lipinski definition) is 2. The Morgan fingerprint density at radius 3 is 2.79 bits per heavy atom. The molecule has 2 rings (SSSR count). The molecule has 0 spiro atoms. The van der Waals surface area contributed by atoms with Crippen LogP contribution < -0.4 is 10.6 Å². The zero-order chi connectivity index (χ0) is 17.4. The second kappa shape index (κ2) is 9.25. The van der Waals surface area contributed by atoms with Crippen LogP contribution in [0.5, 0.6) is 0 Å². The molecule has 2 aromatic heterocycles. The molecule has 0 aromatic carbocycles. The Morgan fingerprint density at radius 2 is 2.04 bits per heavy atom. The standard InChI is InChI=1S/C18H30N6/c1-5-19-18(21-15(4)10-8-9-14(2)3)20-13-17-23-22-16-11-6-7-12-24(16)17/h6-7,11-12,14-15H,5,8-10,13H2,1-4H3,(H2,19,20,21).